The van der Waals surface area contributed by atoms with E-state index in [1.807, 2.05) is 37.3 Å². The number of hydrogen-bond acceptors (Lipinski definition) is 3. The van der Waals surface area contributed by atoms with Gasteiger partial charge in [-0.1, -0.05) is 48.5 Å². The summed E-state index contributed by atoms with van der Waals surface area (Å²) in [4.78, 5) is 17.0. The quantitative estimate of drug-likeness (QED) is 0.740. The average Bonchev–Trinajstić information content (AvgIpc) is 2.73. The number of urea groups is 1. The molecular formula is C22H30N4O. The summed E-state index contributed by atoms with van der Waals surface area (Å²) in [6.07, 6.45) is 0.971. The maximum absolute atomic E-state index is 12.0. The number of hydrogen-bond donors (Lipinski definition) is 2. The summed E-state index contributed by atoms with van der Waals surface area (Å²) in [6, 6.07) is 20.5. The van der Waals surface area contributed by atoms with Crippen LogP contribution in [0.15, 0.2) is 60.7 Å². The van der Waals surface area contributed by atoms with Crippen LogP contribution in [0, 0.1) is 0 Å². The third-order valence-electron chi connectivity index (χ3n) is 5.08. The van der Waals surface area contributed by atoms with Gasteiger partial charge in [0, 0.05) is 38.4 Å². The number of anilines is 1. The van der Waals surface area contributed by atoms with Crippen LogP contribution in [0.25, 0.3) is 0 Å². The van der Waals surface area contributed by atoms with Gasteiger partial charge in [0.1, 0.15) is 0 Å². The fraction of sp³-hybridized carbons (Fsp3) is 0.409. The van der Waals surface area contributed by atoms with Crippen LogP contribution in [0.3, 0.4) is 0 Å². The van der Waals surface area contributed by atoms with Crippen molar-refractivity contribution in [1.82, 2.24) is 15.5 Å². The molecule has 0 radical (unpaired) electrons. The third-order valence-corrected chi connectivity index (χ3v) is 5.08. The van der Waals surface area contributed by atoms with Crippen LogP contribution < -0.4 is 15.5 Å². The predicted molar refractivity (Wildman–Crippen MR) is 111 cm³/mol. The molecule has 1 aliphatic rings. The molecule has 1 heterocycles. The summed E-state index contributed by atoms with van der Waals surface area (Å²) in [5.74, 6) is 0. The van der Waals surface area contributed by atoms with E-state index in [0.717, 1.165) is 44.7 Å². The maximum Gasteiger partial charge on any atom is 0.315 e. The molecule has 2 aromatic rings. The molecular weight excluding hydrogens is 336 g/mol. The van der Waals surface area contributed by atoms with Gasteiger partial charge in [-0.05, 0) is 37.6 Å². The first-order chi connectivity index (χ1) is 13.2. The first-order valence-corrected chi connectivity index (χ1v) is 9.84. The maximum atomic E-state index is 12.0. The predicted octanol–water partition coefficient (Wildman–Crippen LogP) is 3.26. The molecule has 3 rings (SSSR count). The van der Waals surface area contributed by atoms with Gasteiger partial charge in [0.2, 0.25) is 0 Å². The van der Waals surface area contributed by atoms with Crippen LogP contribution >= 0.6 is 0 Å². The second kappa shape index (κ2) is 9.97. The van der Waals surface area contributed by atoms with Gasteiger partial charge in [-0.25, -0.2) is 4.79 Å². The molecule has 2 amide bonds. The highest BCUT2D eigenvalue weighted by Gasteiger charge is 2.16. The van der Waals surface area contributed by atoms with Crippen molar-refractivity contribution in [3.8, 4) is 0 Å². The lowest BCUT2D eigenvalue weighted by molar-refractivity contribution is 0.233. The lowest BCUT2D eigenvalue weighted by Crippen LogP contribution is -2.47. The van der Waals surface area contributed by atoms with Gasteiger partial charge in [-0.3, -0.25) is 4.90 Å². The molecule has 5 heteroatoms. The third kappa shape index (κ3) is 6.00. The Labute approximate surface area is 162 Å². The van der Waals surface area contributed by atoms with Crippen molar-refractivity contribution in [3.05, 3.63) is 66.2 Å². The summed E-state index contributed by atoms with van der Waals surface area (Å²) in [5.41, 5.74) is 2.42. The molecule has 144 valence electrons. The number of rotatable bonds is 7. The molecule has 2 aromatic carbocycles. The number of amides is 2. The van der Waals surface area contributed by atoms with Gasteiger partial charge in [-0.2, -0.15) is 0 Å². The number of carbonyl (C=O) groups is 1. The van der Waals surface area contributed by atoms with Crippen molar-refractivity contribution in [2.45, 2.75) is 19.4 Å². The molecule has 1 fully saturated rings. The first-order valence-electron chi connectivity index (χ1n) is 9.84. The molecule has 1 aliphatic heterocycles. The fourth-order valence-electron chi connectivity index (χ4n) is 3.45. The second-order valence-electron chi connectivity index (χ2n) is 7.05. The van der Waals surface area contributed by atoms with Crippen molar-refractivity contribution in [3.63, 3.8) is 0 Å². The molecule has 0 spiro atoms. The Kier molecular flexibility index (Phi) is 7.11. The number of carbonyl (C=O) groups excluding carboxylic acids is 1. The zero-order chi connectivity index (χ0) is 18.9. The topological polar surface area (TPSA) is 47.6 Å². The average molecular weight is 367 g/mol. The molecule has 0 unspecified atom stereocenters. The minimum absolute atomic E-state index is 0.0114. The van der Waals surface area contributed by atoms with Crippen LogP contribution in [-0.4, -0.2) is 50.2 Å². The monoisotopic (exact) mass is 366 g/mol. The zero-order valence-electron chi connectivity index (χ0n) is 16.1. The summed E-state index contributed by atoms with van der Waals surface area (Å²) in [5, 5.41) is 5.96. The van der Waals surface area contributed by atoms with Gasteiger partial charge in [-0.15, -0.1) is 0 Å². The lowest BCUT2D eigenvalue weighted by Gasteiger charge is -2.36. The van der Waals surface area contributed by atoms with Gasteiger partial charge < -0.3 is 15.5 Å². The Bertz CT molecular complexity index is 684. The summed E-state index contributed by atoms with van der Waals surface area (Å²) < 4.78 is 0. The number of nitrogens with one attached hydrogen (secondary N) is 2. The van der Waals surface area contributed by atoms with E-state index in [4.69, 9.17) is 0 Å². The Hall–Kier alpha value is -2.53. The van der Waals surface area contributed by atoms with E-state index in [9.17, 15) is 4.79 Å². The van der Waals surface area contributed by atoms with E-state index in [-0.39, 0.29) is 12.1 Å². The summed E-state index contributed by atoms with van der Waals surface area (Å²) in [7, 11) is 0. The highest BCUT2D eigenvalue weighted by atomic mass is 16.2. The van der Waals surface area contributed by atoms with E-state index >= 15 is 0 Å². The number of piperazine rings is 1. The zero-order valence-corrected chi connectivity index (χ0v) is 16.1. The van der Waals surface area contributed by atoms with Gasteiger partial charge in [0.05, 0.1) is 6.04 Å². The molecule has 0 aromatic heterocycles. The number of benzene rings is 2. The largest absolute Gasteiger partial charge is 0.369 e. The molecule has 5 nitrogen and oxygen atoms in total. The SMILES string of the molecule is C[C@@H](NC(=O)NCCCN1CCN(c2ccccc2)CC1)c1ccccc1. The van der Waals surface area contributed by atoms with E-state index in [2.05, 4.69) is 50.8 Å². The highest BCUT2D eigenvalue weighted by Crippen LogP contribution is 2.15. The van der Waals surface area contributed by atoms with Gasteiger partial charge in [0.15, 0.2) is 0 Å². The van der Waals surface area contributed by atoms with E-state index in [0.29, 0.717) is 6.54 Å². The Morgan fingerprint density at radius 2 is 1.59 bits per heavy atom. The lowest BCUT2D eigenvalue weighted by atomic mass is 10.1. The number of para-hydroxylation sites is 1. The minimum atomic E-state index is -0.0970. The standard InChI is InChI=1S/C22H30N4O/c1-19(20-9-4-2-5-10-20)24-22(27)23-13-8-14-25-15-17-26(18-16-25)21-11-6-3-7-12-21/h2-7,9-12,19H,8,13-18H2,1H3,(H2,23,24,27)/t19-/m1/s1. The van der Waals surface area contributed by atoms with Crippen molar-refractivity contribution >= 4 is 11.7 Å². The van der Waals surface area contributed by atoms with E-state index in [1.54, 1.807) is 0 Å². The smallest absolute Gasteiger partial charge is 0.315 e. The Morgan fingerprint density at radius 3 is 2.26 bits per heavy atom. The van der Waals surface area contributed by atoms with Gasteiger partial charge >= 0.3 is 6.03 Å². The van der Waals surface area contributed by atoms with Gasteiger partial charge in [0.25, 0.3) is 0 Å². The van der Waals surface area contributed by atoms with Crippen LogP contribution in [0.5, 0.6) is 0 Å². The minimum Gasteiger partial charge on any atom is -0.369 e. The van der Waals surface area contributed by atoms with Crippen molar-refractivity contribution in [2.24, 2.45) is 0 Å². The van der Waals surface area contributed by atoms with Crippen LogP contribution in [-0.2, 0) is 0 Å². The normalized spacial score (nSPS) is 16.0. The Balaban J connectivity index is 1.29. The van der Waals surface area contributed by atoms with Crippen molar-refractivity contribution in [2.75, 3.05) is 44.2 Å². The molecule has 2 N–H and O–H groups in total. The first kappa shape index (κ1) is 19.2. The molecule has 0 aliphatic carbocycles. The van der Waals surface area contributed by atoms with Crippen LogP contribution in [0.1, 0.15) is 24.9 Å². The summed E-state index contributed by atoms with van der Waals surface area (Å²) in [6.45, 7) is 8.00. The Morgan fingerprint density at radius 1 is 0.963 bits per heavy atom. The highest BCUT2D eigenvalue weighted by molar-refractivity contribution is 5.74. The van der Waals surface area contributed by atoms with Crippen molar-refractivity contribution in [1.29, 1.82) is 0 Å². The number of nitrogens with zero attached hydrogens (tertiary/aromatic N) is 2. The molecule has 27 heavy (non-hydrogen) atoms. The molecule has 0 bridgehead atoms. The summed E-state index contributed by atoms with van der Waals surface area (Å²) >= 11 is 0. The second-order valence-corrected chi connectivity index (χ2v) is 7.05. The molecule has 0 saturated carbocycles. The van der Waals surface area contributed by atoms with Crippen molar-refractivity contribution < 1.29 is 4.79 Å². The van der Waals surface area contributed by atoms with E-state index < -0.39 is 0 Å². The van der Waals surface area contributed by atoms with Crippen LogP contribution in [0.4, 0.5) is 10.5 Å². The fourth-order valence-corrected chi connectivity index (χ4v) is 3.45. The van der Waals surface area contributed by atoms with Crippen LogP contribution in [0.2, 0.25) is 0 Å². The molecule has 1 atom stereocenters. The van der Waals surface area contributed by atoms with E-state index in [1.165, 1.54) is 5.69 Å². The molecule has 1 saturated heterocycles.